The van der Waals surface area contributed by atoms with E-state index in [0.29, 0.717) is 34.6 Å². The van der Waals surface area contributed by atoms with Gasteiger partial charge in [0.2, 0.25) is 0 Å². The molecule has 4 aliphatic rings. The lowest BCUT2D eigenvalue weighted by Gasteiger charge is -2.55. The van der Waals surface area contributed by atoms with Gasteiger partial charge in [0.15, 0.2) is 0 Å². The number of aliphatic hydroxyl groups is 1. The van der Waals surface area contributed by atoms with Crippen molar-refractivity contribution in [2.24, 2.45) is 34.3 Å². The average Bonchev–Trinajstić information content (AvgIpc) is 2.80. The summed E-state index contributed by atoms with van der Waals surface area (Å²) in [4.78, 5) is 25.1. The van der Waals surface area contributed by atoms with E-state index in [1.165, 1.54) is 26.2 Å². The second kappa shape index (κ2) is 12.2. The second-order valence-electron chi connectivity index (χ2n) is 12.7. The van der Waals surface area contributed by atoms with Gasteiger partial charge in [-0.1, -0.05) is 26.8 Å². The highest BCUT2D eigenvalue weighted by Crippen LogP contribution is 2.60. The van der Waals surface area contributed by atoms with Crippen molar-refractivity contribution in [3.05, 3.63) is 29.3 Å². The molecular weight excluding hydrogens is 522 g/mol. The summed E-state index contributed by atoms with van der Waals surface area (Å²) in [6.45, 7) is 8.81. The molecule has 9 nitrogen and oxygen atoms in total. The molecule has 10 heteroatoms. The molecule has 4 bridgehead atoms. The highest BCUT2D eigenvalue weighted by Gasteiger charge is 2.55. The first kappa shape index (κ1) is 31.5. The van der Waals surface area contributed by atoms with Crippen LogP contribution in [0.5, 0.6) is 5.75 Å². The van der Waals surface area contributed by atoms with Crippen LogP contribution in [-0.2, 0) is 35.2 Å². The van der Waals surface area contributed by atoms with Crippen LogP contribution in [0.15, 0.2) is 18.2 Å². The van der Waals surface area contributed by atoms with Crippen LogP contribution in [0.1, 0.15) is 90.4 Å². The van der Waals surface area contributed by atoms with E-state index in [1.54, 1.807) is 25.1 Å². The first-order valence-corrected chi connectivity index (χ1v) is 15.6. The minimum absolute atomic E-state index is 0.122. The summed E-state index contributed by atoms with van der Waals surface area (Å²) >= 11 is 0. The first-order valence-electron chi connectivity index (χ1n) is 13.8. The molecule has 4 saturated carbocycles. The van der Waals surface area contributed by atoms with Crippen LogP contribution in [0.25, 0.3) is 0 Å². The smallest absolute Gasteiger partial charge is 0.317 e. The maximum atomic E-state index is 13.5. The standard InChI is InChI=1S/C27H39NO7S.C2H6O/c1-16(29)33-15-21-11-20(23(35-36(5,31)32)24(28)26(2,3)4)6-7-22(21)34-25(30)27-12-17-8-18(13-27)10-19(9-17)14-27;1-2-3/h6-7,11,17-19,23-24H,8-10,12-15,28H2,1-5H3;3H,2H2,1H3. The SMILES string of the molecule is CC(=O)OCc1cc(C(OS(C)(=O)=O)C(N)C(C)(C)C)ccc1OC(=O)C12CC3CC(CC(C3)C1)C2.CCO. The number of rotatable bonds is 8. The van der Waals surface area contributed by atoms with Gasteiger partial charge in [0.25, 0.3) is 10.1 Å². The summed E-state index contributed by atoms with van der Waals surface area (Å²) in [6.07, 6.45) is 6.29. The number of ether oxygens (including phenoxy) is 2. The minimum atomic E-state index is -3.82. The molecule has 0 saturated heterocycles. The van der Waals surface area contributed by atoms with Gasteiger partial charge >= 0.3 is 11.9 Å². The highest BCUT2D eigenvalue weighted by molar-refractivity contribution is 7.86. The molecule has 2 unspecified atom stereocenters. The van der Waals surface area contributed by atoms with Gasteiger partial charge in [-0.15, -0.1) is 0 Å². The molecule has 1 aromatic rings. The lowest BCUT2D eigenvalue weighted by atomic mass is 9.49. The van der Waals surface area contributed by atoms with Gasteiger partial charge in [0.1, 0.15) is 18.5 Å². The molecule has 0 aromatic heterocycles. The third kappa shape index (κ3) is 8.02. The van der Waals surface area contributed by atoms with Gasteiger partial charge in [-0.2, -0.15) is 8.42 Å². The molecule has 2 atom stereocenters. The van der Waals surface area contributed by atoms with E-state index in [4.69, 9.17) is 24.5 Å². The number of aliphatic hydroxyl groups excluding tert-OH is 1. The number of benzene rings is 1. The van der Waals surface area contributed by atoms with E-state index in [1.807, 2.05) is 20.8 Å². The summed E-state index contributed by atoms with van der Waals surface area (Å²) in [5.74, 6) is 1.41. The number of hydrogen-bond acceptors (Lipinski definition) is 9. The Morgan fingerprint density at radius 1 is 1.10 bits per heavy atom. The van der Waals surface area contributed by atoms with Crippen LogP contribution in [0, 0.1) is 28.6 Å². The fourth-order valence-corrected chi connectivity index (χ4v) is 7.31. The largest absolute Gasteiger partial charge is 0.461 e. The van der Waals surface area contributed by atoms with Gasteiger partial charge in [-0.25, -0.2) is 0 Å². The quantitative estimate of drug-likeness (QED) is 0.268. The predicted octanol–water partition coefficient (Wildman–Crippen LogP) is 4.26. The van der Waals surface area contributed by atoms with Crippen molar-refractivity contribution < 1.29 is 36.8 Å². The average molecular weight is 568 g/mol. The van der Waals surface area contributed by atoms with Crippen molar-refractivity contribution in [1.82, 2.24) is 0 Å². The van der Waals surface area contributed by atoms with Crippen LogP contribution in [0.2, 0.25) is 0 Å². The van der Waals surface area contributed by atoms with Crippen LogP contribution in [0.3, 0.4) is 0 Å². The van der Waals surface area contributed by atoms with E-state index in [9.17, 15) is 18.0 Å². The Kier molecular flexibility index (Phi) is 9.89. The summed E-state index contributed by atoms with van der Waals surface area (Å²) in [5.41, 5.74) is 6.49. The van der Waals surface area contributed by atoms with Gasteiger partial charge in [0.05, 0.1) is 11.7 Å². The topological polar surface area (TPSA) is 142 Å². The zero-order valence-corrected chi connectivity index (χ0v) is 24.9. The molecule has 0 spiro atoms. The number of nitrogens with two attached hydrogens (primary N) is 1. The monoisotopic (exact) mass is 567 g/mol. The van der Waals surface area contributed by atoms with Crippen molar-refractivity contribution in [3.8, 4) is 5.75 Å². The Bertz CT molecular complexity index is 1110. The van der Waals surface area contributed by atoms with Crippen LogP contribution < -0.4 is 10.5 Å². The fourth-order valence-electron chi connectivity index (χ4n) is 6.70. The lowest BCUT2D eigenvalue weighted by Crippen LogP contribution is -2.51. The number of hydrogen-bond donors (Lipinski definition) is 2. The van der Waals surface area contributed by atoms with Crippen molar-refractivity contribution >= 4 is 22.1 Å². The predicted molar refractivity (Wildman–Crippen MR) is 147 cm³/mol. The summed E-state index contributed by atoms with van der Waals surface area (Å²) in [7, 11) is -3.82. The summed E-state index contributed by atoms with van der Waals surface area (Å²) in [6, 6.07) is 4.29. The van der Waals surface area contributed by atoms with Gasteiger partial charge < -0.3 is 20.3 Å². The van der Waals surface area contributed by atoms with Crippen molar-refractivity contribution in [3.63, 3.8) is 0 Å². The molecule has 4 aliphatic carbocycles. The Balaban J connectivity index is 0.00000134. The molecule has 39 heavy (non-hydrogen) atoms. The first-order chi connectivity index (χ1) is 18.1. The molecule has 5 rings (SSSR count). The number of carbonyl (C=O) groups excluding carboxylic acids is 2. The van der Waals surface area contributed by atoms with E-state index in [0.717, 1.165) is 25.5 Å². The van der Waals surface area contributed by atoms with Crippen molar-refractivity contribution in [2.75, 3.05) is 12.9 Å². The third-order valence-corrected chi connectivity index (χ3v) is 8.68. The molecule has 3 N–H and O–H groups in total. The zero-order valence-electron chi connectivity index (χ0n) is 24.1. The number of esters is 2. The van der Waals surface area contributed by atoms with E-state index in [2.05, 4.69) is 0 Å². The van der Waals surface area contributed by atoms with Crippen LogP contribution in [0.4, 0.5) is 0 Å². The highest BCUT2D eigenvalue weighted by atomic mass is 32.2. The Hall–Kier alpha value is -2.01. The van der Waals surface area contributed by atoms with E-state index in [-0.39, 0.29) is 19.2 Å². The minimum Gasteiger partial charge on any atom is -0.461 e. The Labute approximate surface area is 232 Å². The van der Waals surface area contributed by atoms with Gasteiger partial charge in [-0.05, 0) is 86.3 Å². The molecule has 0 heterocycles. The molecule has 0 radical (unpaired) electrons. The second-order valence-corrected chi connectivity index (χ2v) is 14.3. The Morgan fingerprint density at radius 2 is 1.62 bits per heavy atom. The molecule has 0 aliphatic heterocycles. The fraction of sp³-hybridized carbons (Fsp3) is 0.724. The van der Waals surface area contributed by atoms with Crippen LogP contribution in [-0.4, -0.2) is 44.4 Å². The maximum absolute atomic E-state index is 13.5. The van der Waals surface area contributed by atoms with Gasteiger partial charge in [-0.3, -0.25) is 13.8 Å². The molecule has 4 fully saturated rings. The van der Waals surface area contributed by atoms with Crippen molar-refractivity contribution in [2.45, 2.75) is 91.9 Å². The normalized spacial score (nSPS) is 27.2. The maximum Gasteiger partial charge on any atom is 0.317 e. The molecule has 0 amide bonds. The Morgan fingerprint density at radius 3 is 2.05 bits per heavy atom. The van der Waals surface area contributed by atoms with Gasteiger partial charge in [0, 0.05) is 25.1 Å². The zero-order chi connectivity index (χ0) is 29.2. The van der Waals surface area contributed by atoms with Crippen molar-refractivity contribution in [1.29, 1.82) is 0 Å². The van der Waals surface area contributed by atoms with Crippen LogP contribution >= 0.6 is 0 Å². The van der Waals surface area contributed by atoms with E-state index < -0.39 is 39.1 Å². The summed E-state index contributed by atoms with van der Waals surface area (Å²) < 4.78 is 40.8. The molecule has 220 valence electrons. The number of carbonyl (C=O) groups is 2. The summed E-state index contributed by atoms with van der Waals surface area (Å²) in [5, 5.41) is 7.57. The molecule has 1 aromatic carbocycles. The molecular formula is C29H45NO8S. The third-order valence-electron chi connectivity index (χ3n) is 8.12. The van der Waals surface area contributed by atoms with E-state index >= 15 is 0 Å². The lowest BCUT2D eigenvalue weighted by molar-refractivity contribution is -0.161.